The van der Waals surface area contributed by atoms with Crippen LogP contribution in [0.4, 0.5) is 0 Å². The Morgan fingerprint density at radius 2 is 1.45 bits per heavy atom. The van der Waals surface area contributed by atoms with E-state index in [2.05, 4.69) is 15.5 Å². The predicted molar refractivity (Wildman–Crippen MR) is 112 cm³/mol. The van der Waals surface area contributed by atoms with Crippen molar-refractivity contribution < 1.29 is 14.3 Å². The van der Waals surface area contributed by atoms with E-state index in [0.717, 1.165) is 30.8 Å². The standard InChI is InChI=1S/C23H29N3O3/c1-18(27)24-21(19-8-4-2-5-9-19)16-23(28)25-22(20-10-6-3-7-11-20)17-26-12-14-29-15-13-26/h2-11,21-22H,12-17H2,1H3,(H,24,27)(H,25,28)/t21-,22+/m0/s1. The second-order valence-corrected chi connectivity index (χ2v) is 7.31. The van der Waals surface area contributed by atoms with Crippen LogP contribution in [-0.4, -0.2) is 49.6 Å². The molecule has 0 radical (unpaired) electrons. The summed E-state index contributed by atoms with van der Waals surface area (Å²) in [5.41, 5.74) is 1.99. The van der Waals surface area contributed by atoms with Crippen LogP contribution in [0.2, 0.25) is 0 Å². The maximum absolute atomic E-state index is 12.9. The van der Waals surface area contributed by atoms with Crippen LogP contribution in [0.3, 0.4) is 0 Å². The highest BCUT2D eigenvalue weighted by Crippen LogP contribution is 2.19. The fourth-order valence-electron chi connectivity index (χ4n) is 3.58. The molecule has 2 atom stereocenters. The molecular weight excluding hydrogens is 366 g/mol. The van der Waals surface area contributed by atoms with E-state index in [1.807, 2.05) is 60.7 Å². The largest absolute Gasteiger partial charge is 0.379 e. The van der Waals surface area contributed by atoms with Crippen LogP contribution in [-0.2, 0) is 14.3 Å². The molecule has 1 heterocycles. The number of amides is 2. The Hall–Kier alpha value is -2.70. The highest BCUT2D eigenvalue weighted by Gasteiger charge is 2.23. The number of ether oxygens (including phenoxy) is 1. The number of carbonyl (C=O) groups excluding carboxylic acids is 2. The molecule has 0 bridgehead atoms. The molecule has 2 aromatic carbocycles. The molecule has 29 heavy (non-hydrogen) atoms. The van der Waals surface area contributed by atoms with E-state index < -0.39 is 0 Å². The molecule has 1 aliphatic heterocycles. The fourth-order valence-corrected chi connectivity index (χ4v) is 3.58. The van der Waals surface area contributed by atoms with Crippen molar-refractivity contribution in [2.45, 2.75) is 25.4 Å². The Morgan fingerprint density at radius 3 is 2.00 bits per heavy atom. The Morgan fingerprint density at radius 1 is 0.897 bits per heavy atom. The smallest absolute Gasteiger partial charge is 0.222 e. The van der Waals surface area contributed by atoms with Gasteiger partial charge in [-0.1, -0.05) is 60.7 Å². The third-order valence-corrected chi connectivity index (χ3v) is 5.05. The van der Waals surface area contributed by atoms with Crippen molar-refractivity contribution in [2.24, 2.45) is 0 Å². The zero-order chi connectivity index (χ0) is 20.5. The van der Waals surface area contributed by atoms with Gasteiger partial charge in [0.2, 0.25) is 11.8 Å². The molecule has 0 saturated carbocycles. The molecule has 0 aliphatic carbocycles. The van der Waals surface area contributed by atoms with E-state index >= 15 is 0 Å². The number of hydrogen-bond donors (Lipinski definition) is 2. The maximum atomic E-state index is 12.9. The second-order valence-electron chi connectivity index (χ2n) is 7.31. The van der Waals surface area contributed by atoms with Crippen molar-refractivity contribution in [2.75, 3.05) is 32.8 Å². The molecule has 1 fully saturated rings. The number of nitrogens with one attached hydrogen (secondary N) is 2. The Bertz CT molecular complexity index is 776. The third-order valence-electron chi connectivity index (χ3n) is 5.05. The van der Waals surface area contributed by atoms with E-state index in [1.165, 1.54) is 6.92 Å². The van der Waals surface area contributed by atoms with E-state index in [1.54, 1.807) is 0 Å². The number of benzene rings is 2. The molecule has 2 N–H and O–H groups in total. The summed E-state index contributed by atoms with van der Waals surface area (Å²) in [5.74, 6) is -0.241. The molecule has 2 amide bonds. The van der Waals surface area contributed by atoms with Gasteiger partial charge >= 0.3 is 0 Å². The number of hydrogen-bond acceptors (Lipinski definition) is 4. The van der Waals surface area contributed by atoms with E-state index in [9.17, 15) is 9.59 Å². The van der Waals surface area contributed by atoms with Crippen molar-refractivity contribution in [1.29, 1.82) is 0 Å². The summed E-state index contributed by atoms with van der Waals surface area (Å²) >= 11 is 0. The summed E-state index contributed by atoms with van der Waals surface area (Å²) in [6.07, 6.45) is 0.191. The number of morpholine rings is 1. The molecule has 0 spiro atoms. The van der Waals surface area contributed by atoms with E-state index in [0.29, 0.717) is 13.2 Å². The summed E-state index contributed by atoms with van der Waals surface area (Å²) in [6, 6.07) is 19.1. The summed E-state index contributed by atoms with van der Waals surface area (Å²) in [6.45, 7) is 5.35. The van der Waals surface area contributed by atoms with Gasteiger partial charge in [-0.2, -0.15) is 0 Å². The molecular formula is C23H29N3O3. The van der Waals surface area contributed by atoms with Gasteiger partial charge in [0.25, 0.3) is 0 Å². The van der Waals surface area contributed by atoms with Crippen molar-refractivity contribution in [1.82, 2.24) is 15.5 Å². The summed E-state index contributed by atoms with van der Waals surface area (Å²) in [4.78, 5) is 26.9. The van der Waals surface area contributed by atoms with E-state index in [4.69, 9.17) is 4.74 Å². The van der Waals surface area contributed by atoms with Gasteiger partial charge in [0, 0.05) is 26.6 Å². The van der Waals surface area contributed by atoms with Crippen LogP contribution in [0.5, 0.6) is 0 Å². The first-order valence-electron chi connectivity index (χ1n) is 10.1. The number of carbonyl (C=O) groups is 2. The first kappa shape index (κ1) is 21.0. The lowest BCUT2D eigenvalue weighted by Crippen LogP contribution is -2.43. The van der Waals surface area contributed by atoms with Crippen LogP contribution in [0.1, 0.15) is 36.6 Å². The highest BCUT2D eigenvalue weighted by atomic mass is 16.5. The van der Waals surface area contributed by atoms with Crippen LogP contribution in [0, 0.1) is 0 Å². The lowest BCUT2D eigenvalue weighted by atomic mass is 10.0. The lowest BCUT2D eigenvalue weighted by Gasteiger charge is -2.31. The molecule has 0 unspecified atom stereocenters. The molecule has 2 aromatic rings. The minimum Gasteiger partial charge on any atom is -0.379 e. The van der Waals surface area contributed by atoms with Crippen LogP contribution >= 0.6 is 0 Å². The minimum absolute atomic E-state index is 0.0882. The Labute approximate surface area is 172 Å². The van der Waals surface area contributed by atoms with Gasteiger partial charge in [0.1, 0.15) is 0 Å². The van der Waals surface area contributed by atoms with Crippen LogP contribution in [0.25, 0.3) is 0 Å². The zero-order valence-corrected chi connectivity index (χ0v) is 16.8. The third kappa shape index (κ3) is 6.69. The molecule has 154 valence electrons. The van der Waals surface area contributed by atoms with Gasteiger partial charge in [-0.15, -0.1) is 0 Å². The predicted octanol–water partition coefficient (Wildman–Crippen LogP) is 2.44. The Balaban J connectivity index is 1.69. The average molecular weight is 396 g/mol. The maximum Gasteiger partial charge on any atom is 0.222 e. The van der Waals surface area contributed by atoms with Crippen molar-refractivity contribution >= 4 is 11.8 Å². The molecule has 3 rings (SSSR count). The first-order chi connectivity index (χ1) is 14.1. The summed E-state index contributed by atoms with van der Waals surface area (Å²) < 4.78 is 5.44. The van der Waals surface area contributed by atoms with Crippen molar-refractivity contribution in [3.8, 4) is 0 Å². The minimum atomic E-state index is -0.353. The number of nitrogens with zero attached hydrogens (tertiary/aromatic N) is 1. The molecule has 6 nitrogen and oxygen atoms in total. The van der Waals surface area contributed by atoms with E-state index in [-0.39, 0.29) is 30.3 Å². The fraction of sp³-hybridized carbons (Fsp3) is 0.391. The van der Waals surface area contributed by atoms with Crippen LogP contribution in [0.15, 0.2) is 60.7 Å². The Kier molecular flexibility index (Phi) is 7.78. The van der Waals surface area contributed by atoms with Crippen LogP contribution < -0.4 is 10.6 Å². The second kappa shape index (κ2) is 10.7. The van der Waals surface area contributed by atoms with Gasteiger partial charge in [-0.3, -0.25) is 14.5 Å². The SMILES string of the molecule is CC(=O)N[C@@H](CC(=O)N[C@H](CN1CCOCC1)c1ccccc1)c1ccccc1. The molecule has 1 saturated heterocycles. The van der Waals surface area contributed by atoms with Gasteiger partial charge in [0.15, 0.2) is 0 Å². The van der Waals surface area contributed by atoms with Gasteiger partial charge in [-0.05, 0) is 11.1 Å². The zero-order valence-electron chi connectivity index (χ0n) is 16.8. The van der Waals surface area contributed by atoms with Gasteiger partial charge < -0.3 is 15.4 Å². The van der Waals surface area contributed by atoms with Crippen molar-refractivity contribution in [3.05, 3.63) is 71.8 Å². The lowest BCUT2D eigenvalue weighted by molar-refractivity contribution is -0.123. The number of rotatable bonds is 8. The quantitative estimate of drug-likeness (QED) is 0.720. The van der Waals surface area contributed by atoms with Gasteiger partial charge in [0.05, 0.1) is 31.7 Å². The molecule has 0 aromatic heterocycles. The molecule has 1 aliphatic rings. The average Bonchev–Trinajstić information content (AvgIpc) is 2.74. The van der Waals surface area contributed by atoms with Crippen molar-refractivity contribution in [3.63, 3.8) is 0 Å². The highest BCUT2D eigenvalue weighted by molar-refractivity contribution is 5.79. The normalized spacial score (nSPS) is 16.6. The monoisotopic (exact) mass is 395 g/mol. The first-order valence-corrected chi connectivity index (χ1v) is 10.1. The van der Waals surface area contributed by atoms with Gasteiger partial charge in [-0.25, -0.2) is 0 Å². The summed E-state index contributed by atoms with van der Waals surface area (Å²) in [7, 11) is 0. The topological polar surface area (TPSA) is 70.7 Å². The summed E-state index contributed by atoms with van der Waals surface area (Å²) in [5, 5.41) is 6.08. The molecule has 6 heteroatoms.